The van der Waals surface area contributed by atoms with Gasteiger partial charge in [-0.05, 0) is 43.2 Å². The summed E-state index contributed by atoms with van der Waals surface area (Å²) in [6.07, 6.45) is 2.89. The van der Waals surface area contributed by atoms with Crippen LogP contribution in [-0.2, 0) is 6.54 Å². The highest BCUT2D eigenvalue weighted by atomic mass is 19.1. The fourth-order valence-corrected chi connectivity index (χ4v) is 2.61. The molecule has 0 aliphatic rings. The molecule has 2 aromatic carbocycles. The number of halogens is 1. The van der Waals surface area contributed by atoms with Gasteiger partial charge in [0.1, 0.15) is 17.3 Å². The number of benzene rings is 2. The quantitative estimate of drug-likeness (QED) is 0.732. The fraction of sp³-hybridized carbons (Fsp3) is 0.150. The standard InChI is InChI=1S/C20H19FN4O/c1-13-7-14(2)9-16(8-13)25-19-12-22-18(11-23-19)20(26)24-10-15-5-3-4-6-17(15)21/h3-9,11-12H,10H2,1-2H3,(H,23,25)(H,24,26). The van der Waals surface area contributed by atoms with Gasteiger partial charge in [-0.1, -0.05) is 24.3 Å². The molecule has 0 bridgehead atoms. The summed E-state index contributed by atoms with van der Waals surface area (Å²) in [6, 6.07) is 12.4. The monoisotopic (exact) mass is 350 g/mol. The number of nitrogens with one attached hydrogen (secondary N) is 2. The molecule has 5 nitrogen and oxygen atoms in total. The molecule has 132 valence electrons. The van der Waals surface area contributed by atoms with Crippen LogP contribution in [0.1, 0.15) is 27.2 Å². The van der Waals surface area contributed by atoms with Gasteiger partial charge in [0.05, 0.1) is 12.4 Å². The largest absolute Gasteiger partial charge is 0.346 e. The number of hydrogen-bond donors (Lipinski definition) is 2. The third-order valence-electron chi connectivity index (χ3n) is 3.78. The van der Waals surface area contributed by atoms with Crippen LogP contribution in [-0.4, -0.2) is 15.9 Å². The Hall–Kier alpha value is -3.28. The first-order chi connectivity index (χ1) is 12.5. The zero-order valence-corrected chi connectivity index (χ0v) is 14.6. The smallest absolute Gasteiger partial charge is 0.271 e. The SMILES string of the molecule is Cc1cc(C)cc(Nc2cnc(C(=O)NCc3ccccc3F)cn2)c1. The van der Waals surface area contributed by atoms with Gasteiger partial charge in [-0.15, -0.1) is 0 Å². The van der Waals surface area contributed by atoms with E-state index in [-0.39, 0.29) is 18.1 Å². The van der Waals surface area contributed by atoms with Crippen LogP contribution in [0.15, 0.2) is 54.9 Å². The van der Waals surface area contributed by atoms with Crippen molar-refractivity contribution in [1.82, 2.24) is 15.3 Å². The molecule has 0 saturated heterocycles. The van der Waals surface area contributed by atoms with E-state index in [4.69, 9.17) is 0 Å². The Balaban J connectivity index is 1.63. The highest BCUT2D eigenvalue weighted by Gasteiger charge is 2.09. The van der Waals surface area contributed by atoms with E-state index in [0.717, 1.165) is 16.8 Å². The minimum Gasteiger partial charge on any atom is -0.346 e. The Morgan fingerprint density at radius 1 is 1.04 bits per heavy atom. The van der Waals surface area contributed by atoms with Crippen LogP contribution in [0.2, 0.25) is 0 Å². The number of anilines is 2. The predicted octanol–water partition coefficient (Wildman–Crippen LogP) is 3.91. The van der Waals surface area contributed by atoms with Crippen molar-refractivity contribution in [3.8, 4) is 0 Å². The maximum atomic E-state index is 13.6. The van der Waals surface area contributed by atoms with Gasteiger partial charge in [0, 0.05) is 17.8 Å². The van der Waals surface area contributed by atoms with Crippen LogP contribution < -0.4 is 10.6 Å². The molecule has 3 rings (SSSR count). The summed E-state index contributed by atoms with van der Waals surface area (Å²) in [4.78, 5) is 20.5. The first-order valence-electron chi connectivity index (χ1n) is 8.20. The lowest BCUT2D eigenvalue weighted by atomic mass is 10.1. The number of carbonyl (C=O) groups is 1. The molecule has 26 heavy (non-hydrogen) atoms. The number of aromatic nitrogens is 2. The van der Waals surface area contributed by atoms with Crippen LogP contribution in [0, 0.1) is 19.7 Å². The summed E-state index contributed by atoms with van der Waals surface area (Å²) < 4.78 is 13.6. The summed E-state index contributed by atoms with van der Waals surface area (Å²) in [5.41, 5.74) is 3.79. The van der Waals surface area contributed by atoms with E-state index < -0.39 is 5.91 Å². The lowest BCUT2D eigenvalue weighted by molar-refractivity contribution is 0.0945. The van der Waals surface area contributed by atoms with E-state index in [2.05, 4.69) is 26.7 Å². The molecule has 6 heteroatoms. The molecule has 1 heterocycles. The minimum atomic E-state index is -0.404. The highest BCUT2D eigenvalue weighted by Crippen LogP contribution is 2.17. The molecule has 0 fully saturated rings. The van der Waals surface area contributed by atoms with Crippen molar-refractivity contribution in [3.63, 3.8) is 0 Å². The van der Waals surface area contributed by atoms with Gasteiger partial charge in [0.2, 0.25) is 0 Å². The van der Waals surface area contributed by atoms with Crippen molar-refractivity contribution >= 4 is 17.4 Å². The van der Waals surface area contributed by atoms with E-state index in [1.807, 2.05) is 26.0 Å². The maximum Gasteiger partial charge on any atom is 0.271 e. The summed E-state index contributed by atoms with van der Waals surface area (Å²) in [6.45, 7) is 4.13. The van der Waals surface area contributed by atoms with E-state index >= 15 is 0 Å². The molecule has 0 aliphatic carbocycles. The molecule has 3 aromatic rings. The molecule has 0 aliphatic heterocycles. The molecule has 0 radical (unpaired) electrons. The number of hydrogen-bond acceptors (Lipinski definition) is 4. The number of aryl methyl sites for hydroxylation is 2. The molecular weight excluding hydrogens is 331 g/mol. The number of rotatable bonds is 5. The van der Waals surface area contributed by atoms with Gasteiger partial charge < -0.3 is 10.6 Å². The second-order valence-electron chi connectivity index (χ2n) is 6.06. The first kappa shape index (κ1) is 17.5. The van der Waals surface area contributed by atoms with E-state index in [9.17, 15) is 9.18 Å². The van der Waals surface area contributed by atoms with Crippen LogP contribution in [0.3, 0.4) is 0 Å². The van der Waals surface area contributed by atoms with Crippen molar-refractivity contribution in [1.29, 1.82) is 0 Å². The molecule has 0 unspecified atom stereocenters. The summed E-state index contributed by atoms with van der Waals surface area (Å²) >= 11 is 0. The molecule has 1 aromatic heterocycles. The number of nitrogens with zero attached hydrogens (tertiary/aromatic N) is 2. The van der Waals surface area contributed by atoms with Crippen molar-refractivity contribution in [3.05, 3.63) is 83.1 Å². The average molecular weight is 350 g/mol. The van der Waals surface area contributed by atoms with E-state index in [1.165, 1.54) is 18.5 Å². The van der Waals surface area contributed by atoms with Crippen LogP contribution in [0.5, 0.6) is 0 Å². The third kappa shape index (κ3) is 4.42. The number of amides is 1. The fourth-order valence-electron chi connectivity index (χ4n) is 2.61. The van der Waals surface area contributed by atoms with Crippen molar-refractivity contribution in [2.45, 2.75) is 20.4 Å². The zero-order chi connectivity index (χ0) is 18.5. The van der Waals surface area contributed by atoms with Crippen molar-refractivity contribution in [2.24, 2.45) is 0 Å². The van der Waals surface area contributed by atoms with Gasteiger partial charge in [-0.25, -0.2) is 14.4 Å². The lowest BCUT2D eigenvalue weighted by Gasteiger charge is -2.09. The van der Waals surface area contributed by atoms with Gasteiger partial charge in [0.15, 0.2) is 0 Å². The van der Waals surface area contributed by atoms with Crippen molar-refractivity contribution < 1.29 is 9.18 Å². The van der Waals surface area contributed by atoms with Crippen LogP contribution in [0.25, 0.3) is 0 Å². The predicted molar refractivity (Wildman–Crippen MR) is 98.8 cm³/mol. The second kappa shape index (κ2) is 7.74. The molecular formula is C20H19FN4O. The molecule has 2 N–H and O–H groups in total. The highest BCUT2D eigenvalue weighted by molar-refractivity contribution is 5.92. The molecule has 0 spiro atoms. The lowest BCUT2D eigenvalue weighted by Crippen LogP contribution is -2.24. The van der Waals surface area contributed by atoms with Gasteiger partial charge in [-0.3, -0.25) is 4.79 Å². The average Bonchev–Trinajstić information content (AvgIpc) is 2.60. The van der Waals surface area contributed by atoms with Gasteiger partial charge in [-0.2, -0.15) is 0 Å². The van der Waals surface area contributed by atoms with Crippen LogP contribution in [0.4, 0.5) is 15.9 Å². The summed E-state index contributed by atoms with van der Waals surface area (Å²) in [7, 11) is 0. The van der Waals surface area contributed by atoms with E-state index in [0.29, 0.717) is 11.4 Å². The summed E-state index contributed by atoms with van der Waals surface area (Å²) in [5, 5.41) is 5.80. The minimum absolute atomic E-state index is 0.0930. The zero-order valence-electron chi connectivity index (χ0n) is 14.6. The van der Waals surface area contributed by atoms with Gasteiger partial charge >= 0.3 is 0 Å². The topological polar surface area (TPSA) is 66.9 Å². The second-order valence-corrected chi connectivity index (χ2v) is 6.06. The molecule has 1 amide bonds. The van der Waals surface area contributed by atoms with Crippen molar-refractivity contribution in [2.75, 3.05) is 5.32 Å². The maximum absolute atomic E-state index is 13.6. The van der Waals surface area contributed by atoms with Crippen LogP contribution >= 0.6 is 0 Å². The van der Waals surface area contributed by atoms with Gasteiger partial charge in [0.25, 0.3) is 5.91 Å². The normalized spacial score (nSPS) is 10.4. The molecule has 0 saturated carbocycles. The molecule has 0 atom stereocenters. The first-order valence-corrected chi connectivity index (χ1v) is 8.20. The Bertz CT molecular complexity index is 905. The van der Waals surface area contributed by atoms with E-state index in [1.54, 1.807) is 18.2 Å². The Morgan fingerprint density at radius 2 is 1.77 bits per heavy atom. The number of carbonyl (C=O) groups excluding carboxylic acids is 1. The Morgan fingerprint density at radius 3 is 2.42 bits per heavy atom. The Kier molecular flexibility index (Phi) is 5.22. The summed E-state index contributed by atoms with van der Waals surface area (Å²) in [5.74, 6) is -0.216. The third-order valence-corrected chi connectivity index (χ3v) is 3.78. The Labute approximate surface area is 151 Å².